The highest BCUT2D eigenvalue weighted by atomic mass is 16.5. The number of nitrogens with zero attached hydrogens (tertiary/aromatic N) is 6. The van der Waals surface area contributed by atoms with Crippen LogP contribution >= 0.6 is 0 Å². The number of anilines is 4. The van der Waals surface area contributed by atoms with E-state index in [-0.39, 0.29) is 11.4 Å². The number of benzene rings is 2. The number of hydrogen-bond acceptors (Lipinski definition) is 8. The monoisotopic (exact) mass is 629 g/mol. The fourth-order valence-corrected chi connectivity index (χ4v) is 7.64. The van der Waals surface area contributed by atoms with E-state index in [0.29, 0.717) is 41.0 Å². The number of amides is 1. The number of nitrogens with two attached hydrogens (primary N) is 1. The summed E-state index contributed by atoms with van der Waals surface area (Å²) in [6.07, 6.45) is 13.2. The van der Waals surface area contributed by atoms with Crippen LogP contribution in [0.4, 0.5) is 23.0 Å². The van der Waals surface area contributed by atoms with Gasteiger partial charge < -0.3 is 30.6 Å². The summed E-state index contributed by atoms with van der Waals surface area (Å²) in [6.45, 7) is 7.57. The molecule has 2 saturated carbocycles. The third-order valence-corrected chi connectivity index (χ3v) is 9.84. The second-order valence-corrected chi connectivity index (χ2v) is 13.5. The number of nitrogens with one attached hydrogen (secondary N) is 2. The van der Waals surface area contributed by atoms with Crippen molar-refractivity contribution in [3.63, 3.8) is 0 Å². The van der Waals surface area contributed by atoms with Crippen LogP contribution in [0.15, 0.2) is 79.9 Å². The normalized spacial score (nSPS) is 22.0. The Balaban J connectivity index is 1.19. The van der Waals surface area contributed by atoms with Crippen molar-refractivity contribution in [1.29, 1.82) is 0 Å². The third-order valence-electron chi connectivity index (χ3n) is 9.84. The molecule has 2 aromatic carbocycles. The Morgan fingerprint density at radius 3 is 2.60 bits per heavy atom. The lowest BCUT2D eigenvalue weighted by molar-refractivity contribution is -0.111. The van der Waals surface area contributed by atoms with E-state index in [9.17, 15) is 4.79 Å². The molecule has 11 heteroatoms. The van der Waals surface area contributed by atoms with Gasteiger partial charge in [-0.15, -0.1) is 0 Å². The topological polar surface area (TPSA) is 128 Å². The van der Waals surface area contributed by atoms with Gasteiger partial charge in [0.2, 0.25) is 11.9 Å². The number of carbonyl (C=O) groups excluding carboxylic acids is 1. The molecule has 2 aliphatic carbocycles. The largest absolute Gasteiger partial charge is 0.494 e. The fraction of sp³-hybridized carbons (Fsp3) is 0.333. The van der Waals surface area contributed by atoms with Gasteiger partial charge in [0.1, 0.15) is 17.1 Å². The summed E-state index contributed by atoms with van der Waals surface area (Å²) in [5.74, 6) is 1.75. The SMILES string of the molecule is C=CC(=O)Nc1cc(Nc2ncc(-n3cccn3)c(-c3cn(C4CC4)c4ccccc34)n2)c(OC)cc1N1CC2CC(C)(N)CC2C1. The fourth-order valence-electron chi connectivity index (χ4n) is 7.64. The molecule has 47 heavy (non-hydrogen) atoms. The average Bonchev–Trinajstić information content (AvgIpc) is 3.35. The molecule has 0 spiro atoms. The van der Waals surface area contributed by atoms with Crippen molar-refractivity contribution in [3.8, 4) is 22.7 Å². The van der Waals surface area contributed by atoms with E-state index in [1.807, 2.05) is 24.4 Å². The number of methoxy groups -OCH3 is 1. The highest BCUT2D eigenvalue weighted by Gasteiger charge is 2.45. The van der Waals surface area contributed by atoms with Gasteiger partial charge in [-0.1, -0.05) is 24.8 Å². The average molecular weight is 630 g/mol. The second-order valence-electron chi connectivity index (χ2n) is 13.5. The van der Waals surface area contributed by atoms with Crippen LogP contribution in [0, 0.1) is 11.8 Å². The first-order valence-electron chi connectivity index (χ1n) is 16.2. The first-order chi connectivity index (χ1) is 22.8. The zero-order chi connectivity index (χ0) is 32.3. The number of para-hydroxylation sites is 1. The summed E-state index contributed by atoms with van der Waals surface area (Å²) < 4.78 is 10.1. The molecule has 3 aromatic heterocycles. The molecule has 11 nitrogen and oxygen atoms in total. The van der Waals surface area contributed by atoms with E-state index in [0.717, 1.165) is 53.9 Å². The lowest BCUT2D eigenvalue weighted by Gasteiger charge is -2.27. The van der Waals surface area contributed by atoms with Crippen molar-refractivity contribution in [2.45, 2.75) is 44.2 Å². The number of ether oxygens (including phenoxy) is 1. The smallest absolute Gasteiger partial charge is 0.247 e. The Morgan fingerprint density at radius 1 is 1.11 bits per heavy atom. The number of fused-ring (bicyclic) bond motifs is 2. The molecule has 1 aliphatic heterocycles. The van der Waals surface area contributed by atoms with E-state index >= 15 is 0 Å². The molecule has 8 rings (SSSR count). The summed E-state index contributed by atoms with van der Waals surface area (Å²) >= 11 is 0. The highest BCUT2D eigenvalue weighted by molar-refractivity contribution is 6.02. The van der Waals surface area contributed by atoms with Gasteiger partial charge >= 0.3 is 0 Å². The van der Waals surface area contributed by atoms with Crippen LogP contribution in [0.25, 0.3) is 27.8 Å². The Morgan fingerprint density at radius 2 is 1.89 bits per heavy atom. The van der Waals surface area contributed by atoms with Gasteiger partial charge in [0, 0.05) is 65.8 Å². The lowest BCUT2D eigenvalue weighted by Crippen LogP contribution is -2.35. The van der Waals surface area contributed by atoms with Crippen LogP contribution in [0.1, 0.15) is 38.6 Å². The molecule has 1 amide bonds. The molecule has 4 N–H and O–H groups in total. The summed E-state index contributed by atoms with van der Waals surface area (Å²) in [7, 11) is 1.64. The predicted molar refractivity (Wildman–Crippen MR) is 184 cm³/mol. The van der Waals surface area contributed by atoms with Gasteiger partial charge in [-0.2, -0.15) is 5.10 Å². The van der Waals surface area contributed by atoms with E-state index in [4.69, 9.17) is 20.4 Å². The maximum atomic E-state index is 12.6. The molecular formula is C36H39N9O2. The van der Waals surface area contributed by atoms with E-state index in [2.05, 4.69) is 69.2 Å². The highest BCUT2D eigenvalue weighted by Crippen LogP contribution is 2.47. The van der Waals surface area contributed by atoms with Crippen molar-refractivity contribution in [2.75, 3.05) is 35.7 Å². The minimum atomic E-state index is -0.287. The summed E-state index contributed by atoms with van der Waals surface area (Å²) in [6, 6.07) is 14.7. The Labute approximate surface area is 273 Å². The van der Waals surface area contributed by atoms with Crippen molar-refractivity contribution < 1.29 is 9.53 Å². The van der Waals surface area contributed by atoms with Gasteiger partial charge in [-0.25, -0.2) is 14.6 Å². The molecule has 0 radical (unpaired) electrons. The van der Waals surface area contributed by atoms with Gasteiger partial charge in [0.15, 0.2) is 0 Å². The maximum Gasteiger partial charge on any atom is 0.247 e. The van der Waals surface area contributed by atoms with E-state index < -0.39 is 0 Å². The van der Waals surface area contributed by atoms with Crippen LogP contribution in [0.3, 0.4) is 0 Å². The molecule has 4 heterocycles. The molecule has 240 valence electrons. The van der Waals surface area contributed by atoms with Gasteiger partial charge in [0.25, 0.3) is 0 Å². The zero-order valence-corrected chi connectivity index (χ0v) is 26.7. The third kappa shape index (κ3) is 5.40. The maximum absolute atomic E-state index is 12.6. The van der Waals surface area contributed by atoms with Crippen molar-refractivity contribution in [1.82, 2.24) is 24.3 Å². The van der Waals surface area contributed by atoms with Crippen LogP contribution in [0.2, 0.25) is 0 Å². The molecule has 2 unspecified atom stereocenters. The number of aromatic nitrogens is 5. The summed E-state index contributed by atoms with van der Waals surface area (Å²) in [4.78, 5) is 24.8. The number of hydrogen-bond donors (Lipinski definition) is 3. The van der Waals surface area contributed by atoms with Gasteiger partial charge in [0.05, 0.1) is 30.4 Å². The van der Waals surface area contributed by atoms with Crippen LogP contribution in [0.5, 0.6) is 5.75 Å². The minimum absolute atomic E-state index is 0.120. The van der Waals surface area contributed by atoms with Crippen molar-refractivity contribution >= 4 is 39.8 Å². The van der Waals surface area contributed by atoms with Crippen LogP contribution in [-0.4, -0.2) is 56.0 Å². The van der Waals surface area contributed by atoms with Crippen LogP contribution < -0.4 is 26.0 Å². The molecule has 3 fully saturated rings. The molecule has 3 aliphatic rings. The summed E-state index contributed by atoms with van der Waals surface area (Å²) in [5, 5.41) is 12.1. The predicted octanol–water partition coefficient (Wildman–Crippen LogP) is 6.06. The van der Waals surface area contributed by atoms with E-state index in [1.54, 1.807) is 24.2 Å². The Kier molecular flexibility index (Phi) is 7.02. The van der Waals surface area contributed by atoms with Crippen molar-refractivity contribution in [3.05, 3.63) is 79.9 Å². The standard InChI is InChI=1S/C36H39N9O2/c1-4-33(46)40-27-14-28(32(47-3)15-30(27)43-19-22-16-36(2,37)17-23(22)20-43)41-35-38-18-31(45-13-7-12-39-45)34(42-35)26-21-44(24-10-11-24)29-9-6-5-8-25(26)29/h4-9,12-15,18,21-24H,1,10-11,16-17,19-20,37H2,2-3H3,(H,40,46)(H,38,41,42). The van der Waals surface area contributed by atoms with Gasteiger partial charge in [-0.05, 0) is 68.7 Å². The molecular weight excluding hydrogens is 590 g/mol. The number of carbonyl (C=O) groups is 1. The second kappa shape index (κ2) is 11.3. The molecule has 2 atom stereocenters. The first-order valence-corrected chi connectivity index (χ1v) is 16.2. The Bertz CT molecular complexity index is 1980. The molecule has 5 aromatic rings. The number of rotatable bonds is 9. The zero-order valence-electron chi connectivity index (χ0n) is 26.7. The van der Waals surface area contributed by atoms with Crippen molar-refractivity contribution in [2.24, 2.45) is 17.6 Å². The van der Waals surface area contributed by atoms with Gasteiger partial charge in [-0.3, -0.25) is 4.79 Å². The Hall–Kier alpha value is -5.16. The van der Waals surface area contributed by atoms with E-state index in [1.165, 1.54) is 24.4 Å². The van der Waals surface area contributed by atoms with Crippen LogP contribution in [-0.2, 0) is 4.79 Å². The lowest BCUT2D eigenvalue weighted by atomic mass is 10.00. The summed E-state index contributed by atoms with van der Waals surface area (Å²) in [5.41, 5.74) is 12.3. The molecule has 1 saturated heterocycles. The minimum Gasteiger partial charge on any atom is -0.494 e. The first kappa shape index (κ1) is 29.3. The quantitative estimate of drug-likeness (QED) is 0.168. The molecule has 0 bridgehead atoms.